The number of rotatable bonds is 3. The van der Waals surface area contributed by atoms with E-state index < -0.39 is 16.6 Å². The van der Waals surface area contributed by atoms with Gasteiger partial charge in [0.1, 0.15) is 5.82 Å². The number of halogens is 2. The van der Waals surface area contributed by atoms with Gasteiger partial charge >= 0.3 is 0 Å². The van der Waals surface area contributed by atoms with Gasteiger partial charge in [-0.1, -0.05) is 11.6 Å². The molecule has 0 saturated heterocycles. The highest BCUT2D eigenvalue weighted by Crippen LogP contribution is 2.23. The molecule has 0 bridgehead atoms. The lowest BCUT2D eigenvalue weighted by Gasteiger charge is -2.07. The van der Waals surface area contributed by atoms with E-state index >= 15 is 0 Å². The van der Waals surface area contributed by atoms with Gasteiger partial charge in [0, 0.05) is 10.7 Å². The van der Waals surface area contributed by atoms with Crippen LogP contribution in [0.5, 0.6) is 0 Å². The van der Waals surface area contributed by atoms with Crippen LogP contribution in [0.4, 0.5) is 10.1 Å². The molecule has 0 saturated carbocycles. The van der Waals surface area contributed by atoms with Crippen LogP contribution in [0.3, 0.4) is 0 Å². The average Bonchev–Trinajstić information content (AvgIpc) is 2.37. The second kappa shape index (κ2) is 6.04. The zero-order chi connectivity index (χ0) is 14.7. The Morgan fingerprint density at radius 2 is 2.05 bits per heavy atom. The number of nitrogen functional groups attached to an aromatic ring is 1. The number of anilines is 1. The fraction of sp³-hybridized carbons (Fsp3) is 0.0714. The van der Waals surface area contributed by atoms with Crippen molar-refractivity contribution >= 4 is 28.1 Å². The fourth-order valence-corrected chi connectivity index (χ4v) is 3.10. The van der Waals surface area contributed by atoms with E-state index in [4.69, 9.17) is 22.6 Å². The quantitative estimate of drug-likeness (QED) is 0.885. The van der Waals surface area contributed by atoms with Crippen LogP contribution in [0.2, 0.25) is 5.02 Å². The second-order valence-electron chi connectivity index (χ2n) is 4.13. The van der Waals surface area contributed by atoms with Gasteiger partial charge < -0.3 is 5.73 Å². The van der Waals surface area contributed by atoms with Crippen LogP contribution in [-0.4, -0.2) is 4.21 Å². The maximum absolute atomic E-state index is 13.3. The van der Waals surface area contributed by atoms with Gasteiger partial charge in [-0.2, -0.15) is 5.26 Å². The molecular formula is C14H10ClFN2OS. The SMILES string of the molecule is N#Cc1cc(F)cc(CS(=O)c2ccc(Cl)cc2N)c1. The molecule has 2 N–H and O–H groups in total. The summed E-state index contributed by atoms with van der Waals surface area (Å²) < 4.78 is 25.5. The van der Waals surface area contributed by atoms with Gasteiger partial charge in [0.2, 0.25) is 0 Å². The van der Waals surface area contributed by atoms with Gasteiger partial charge in [0.05, 0.1) is 33.1 Å². The first kappa shape index (κ1) is 14.5. The largest absolute Gasteiger partial charge is 0.398 e. The lowest BCUT2D eigenvalue weighted by Crippen LogP contribution is -2.01. The minimum atomic E-state index is -1.43. The Bertz CT molecular complexity index is 728. The first-order valence-electron chi connectivity index (χ1n) is 5.62. The van der Waals surface area contributed by atoms with E-state index in [-0.39, 0.29) is 11.3 Å². The van der Waals surface area contributed by atoms with Crippen molar-refractivity contribution in [3.63, 3.8) is 0 Å². The number of benzene rings is 2. The maximum Gasteiger partial charge on any atom is 0.124 e. The van der Waals surface area contributed by atoms with Gasteiger partial charge in [0.15, 0.2) is 0 Å². The minimum absolute atomic E-state index is 0.0816. The summed E-state index contributed by atoms with van der Waals surface area (Å²) >= 11 is 5.78. The lowest BCUT2D eigenvalue weighted by molar-refractivity contribution is 0.625. The minimum Gasteiger partial charge on any atom is -0.398 e. The third kappa shape index (κ3) is 3.35. The second-order valence-corrected chi connectivity index (χ2v) is 5.99. The monoisotopic (exact) mass is 308 g/mol. The molecule has 0 amide bonds. The Hall–Kier alpha value is -1.90. The van der Waals surface area contributed by atoms with Crippen molar-refractivity contribution in [2.24, 2.45) is 0 Å². The number of hydrogen-bond acceptors (Lipinski definition) is 3. The van der Waals surface area contributed by atoms with Crippen molar-refractivity contribution in [2.45, 2.75) is 10.6 Å². The molecule has 2 aromatic rings. The summed E-state index contributed by atoms with van der Waals surface area (Å²) in [5.41, 5.74) is 6.76. The van der Waals surface area contributed by atoms with Crippen molar-refractivity contribution in [1.29, 1.82) is 5.26 Å². The molecule has 0 aliphatic carbocycles. The Labute approximate surface area is 123 Å². The third-order valence-corrected chi connectivity index (χ3v) is 4.29. The molecule has 2 aromatic carbocycles. The van der Waals surface area contributed by atoms with E-state index in [0.29, 0.717) is 21.2 Å². The molecule has 0 radical (unpaired) electrons. The number of nitrogens with two attached hydrogens (primary N) is 1. The van der Waals surface area contributed by atoms with E-state index in [2.05, 4.69) is 0 Å². The highest BCUT2D eigenvalue weighted by molar-refractivity contribution is 7.84. The molecule has 0 spiro atoms. The van der Waals surface area contributed by atoms with E-state index in [1.54, 1.807) is 12.1 Å². The lowest BCUT2D eigenvalue weighted by atomic mass is 10.1. The van der Waals surface area contributed by atoms with Crippen LogP contribution in [-0.2, 0) is 16.6 Å². The van der Waals surface area contributed by atoms with E-state index in [1.165, 1.54) is 18.2 Å². The zero-order valence-electron chi connectivity index (χ0n) is 10.3. The van der Waals surface area contributed by atoms with Crippen molar-refractivity contribution in [2.75, 3.05) is 5.73 Å². The van der Waals surface area contributed by atoms with Gasteiger partial charge in [-0.05, 0) is 42.0 Å². The summed E-state index contributed by atoms with van der Waals surface area (Å²) in [5.74, 6) is -0.446. The number of hydrogen-bond donors (Lipinski definition) is 1. The van der Waals surface area contributed by atoms with Crippen LogP contribution < -0.4 is 5.73 Å². The van der Waals surface area contributed by atoms with Crippen LogP contribution in [0, 0.1) is 17.1 Å². The molecular weight excluding hydrogens is 299 g/mol. The summed E-state index contributed by atoms with van der Waals surface area (Å²) in [7, 11) is -1.43. The standard InChI is InChI=1S/C14H10ClFN2OS/c15-11-1-2-14(13(18)6-11)20(19)8-10-3-9(7-17)4-12(16)5-10/h1-6H,8,18H2. The van der Waals surface area contributed by atoms with Gasteiger partial charge in [-0.3, -0.25) is 4.21 Å². The summed E-state index contributed by atoms with van der Waals surface area (Å²) in [6.07, 6.45) is 0. The summed E-state index contributed by atoms with van der Waals surface area (Å²) in [5, 5.41) is 9.24. The van der Waals surface area contributed by atoms with E-state index in [0.717, 1.165) is 6.07 Å². The fourth-order valence-electron chi connectivity index (χ4n) is 1.75. The Morgan fingerprint density at radius 3 is 2.70 bits per heavy atom. The first-order valence-corrected chi connectivity index (χ1v) is 7.32. The van der Waals surface area contributed by atoms with Crippen molar-refractivity contribution in [1.82, 2.24) is 0 Å². The van der Waals surface area contributed by atoms with Crippen LogP contribution in [0.1, 0.15) is 11.1 Å². The highest BCUT2D eigenvalue weighted by atomic mass is 35.5. The Morgan fingerprint density at radius 1 is 1.30 bits per heavy atom. The molecule has 1 unspecified atom stereocenters. The molecule has 0 aromatic heterocycles. The van der Waals surface area contributed by atoms with E-state index in [9.17, 15) is 8.60 Å². The molecule has 1 atom stereocenters. The summed E-state index contributed by atoms with van der Waals surface area (Å²) in [6.45, 7) is 0. The molecule has 20 heavy (non-hydrogen) atoms. The van der Waals surface area contributed by atoms with Gasteiger partial charge in [0.25, 0.3) is 0 Å². The normalized spacial score (nSPS) is 11.8. The molecule has 6 heteroatoms. The van der Waals surface area contributed by atoms with Crippen molar-refractivity contribution in [3.05, 3.63) is 58.4 Å². The first-order chi connectivity index (χ1) is 9.49. The predicted octanol–water partition coefficient (Wildman–Crippen LogP) is 3.24. The molecule has 0 fully saturated rings. The van der Waals surface area contributed by atoms with Crippen LogP contribution >= 0.6 is 11.6 Å². The number of nitrogens with zero attached hydrogens (tertiary/aromatic N) is 1. The predicted molar refractivity (Wildman–Crippen MR) is 77.1 cm³/mol. The molecule has 2 rings (SSSR count). The van der Waals surface area contributed by atoms with Crippen LogP contribution in [0.15, 0.2) is 41.3 Å². The Balaban J connectivity index is 2.28. The van der Waals surface area contributed by atoms with Crippen molar-refractivity contribution < 1.29 is 8.60 Å². The summed E-state index contributed by atoms with van der Waals surface area (Å²) in [6, 6.07) is 10.4. The van der Waals surface area contributed by atoms with Crippen molar-refractivity contribution in [3.8, 4) is 6.07 Å². The molecule has 0 aliphatic rings. The topological polar surface area (TPSA) is 66.9 Å². The third-order valence-electron chi connectivity index (χ3n) is 2.60. The molecule has 102 valence electrons. The van der Waals surface area contributed by atoms with Crippen LogP contribution in [0.25, 0.3) is 0 Å². The van der Waals surface area contributed by atoms with Gasteiger partial charge in [-0.25, -0.2) is 4.39 Å². The maximum atomic E-state index is 13.3. The summed E-state index contributed by atoms with van der Waals surface area (Å²) in [4.78, 5) is 0.442. The van der Waals surface area contributed by atoms with Gasteiger partial charge in [-0.15, -0.1) is 0 Å². The van der Waals surface area contributed by atoms with E-state index in [1.807, 2.05) is 6.07 Å². The Kier molecular flexibility index (Phi) is 4.38. The highest BCUT2D eigenvalue weighted by Gasteiger charge is 2.11. The molecule has 3 nitrogen and oxygen atoms in total. The number of nitriles is 1. The molecule has 0 heterocycles. The molecule has 0 aliphatic heterocycles. The average molecular weight is 309 g/mol. The zero-order valence-corrected chi connectivity index (χ0v) is 11.8. The smallest absolute Gasteiger partial charge is 0.124 e.